The second kappa shape index (κ2) is 7.43. The average molecular weight is 269 g/mol. The highest BCUT2D eigenvalue weighted by atomic mass is 19.3. The molecule has 0 saturated heterocycles. The van der Waals surface area contributed by atoms with Crippen molar-refractivity contribution in [3.05, 3.63) is 29.8 Å². The van der Waals surface area contributed by atoms with Crippen molar-refractivity contribution in [2.75, 3.05) is 0 Å². The summed E-state index contributed by atoms with van der Waals surface area (Å²) in [6.45, 7) is -1.96. The summed E-state index contributed by atoms with van der Waals surface area (Å²) in [6.07, 6.45) is 7.78. The molecule has 0 heterocycles. The predicted molar refractivity (Wildman–Crippen MR) is 71.4 cm³/mol. The van der Waals surface area contributed by atoms with Gasteiger partial charge in [-0.1, -0.05) is 37.8 Å². The van der Waals surface area contributed by atoms with E-state index in [1.165, 1.54) is 38.5 Å². The Labute approximate surface area is 113 Å². The van der Waals surface area contributed by atoms with Crippen LogP contribution in [0.5, 0.6) is 5.75 Å². The number of hydrogen-bond donors (Lipinski definition) is 1. The van der Waals surface area contributed by atoms with Crippen LogP contribution in [0.4, 0.5) is 8.78 Å². The maximum atomic E-state index is 12.0. The normalized spacial score (nSPS) is 17.4. The quantitative estimate of drug-likeness (QED) is 0.812. The molecule has 0 bridgehead atoms. The summed E-state index contributed by atoms with van der Waals surface area (Å²) in [5.41, 5.74) is 1.10. The first-order valence-electron chi connectivity index (χ1n) is 7.01. The van der Waals surface area contributed by atoms with E-state index >= 15 is 0 Å². The van der Waals surface area contributed by atoms with E-state index < -0.39 is 6.61 Å². The number of hydrogen-bond acceptors (Lipinski definition) is 2. The molecule has 2 rings (SSSR count). The van der Waals surface area contributed by atoms with Crippen molar-refractivity contribution in [2.24, 2.45) is 0 Å². The minimum absolute atomic E-state index is 0.216. The van der Waals surface area contributed by atoms with Crippen LogP contribution >= 0.6 is 0 Å². The molecule has 106 valence electrons. The minimum Gasteiger partial charge on any atom is -0.435 e. The lowest BCUT2D eigenvalue weighted by Crippen LogP contribution is -2.27. The Morgan fingerprint density at radius 2 is 1.68 bits per heavy atom. The number of benzene rings is 1. The van der Waals surface area contributed by atoms with Crippen molar-refractivity contribution in [3.63, 3.8) is 0 Å². The van der Waals surface area contributed by atoms with Gasteiger partial charge in [0, 0.05) is 12.6 Å². The third-order valence-corrected chi connectivity index (χ3v) is 3.60. The number of alkyl halides is 2. The molecule has 1 fully saturated rings. The Kier molecular flexibility index (Phi) is 5.58. The Hall–Kier alpha value is -1.16. The first-order valence-corrected chi connectivity index (χ1v) is 7.01. The summed E-state index contributed by atoms with van der Waals surface area (Å²) in [5, 5.41) is 3.55. The zero-order chi connectivity index (χ0) is 13.5. The van der Waals surface area contributed by atoms with Crippen molar-refractivity contribution >= 4 is 0 Å². The maximum absolute atomic E-state index is 12.0. The molecule has 1 N–H and O–H groups in total. The molecule has 1 aliphatic carbocycles. The van der Waals surface area contributed by atoms with E-state index in [0.717, 1.165) is 12.1 Å². The molecule has 0 aromatic heterocycles. The lowest BCUT2D eigenvalue weighted by molar-refractivity contribution is -0.0498. The molecule has 0 atom stereocenters. The molecular formula is C15H21F2NO. The van der Waals surface area contributed by atoms with Gasteiger partial charge < -0.3 is 10.1 Å². The van der Waals surface area contributed by atoms with E-state index in [2.05, 4.69) is 10.1 Å². The third-order valence-electron chi connectivity index (χ3n) is 3.60. The summed E-state index contributed by atoms with van der Waals surface area (Å²) in [6, 6.07) is 7.45. The van der Waals surface area contributed by atoms with E-state index in [1.807, 2.05) is 12.1 Å². The van der Waals surface area contributed by atoms with Gasteiger partial charge in [-0.05, 0) is 30.5 Å². The van der Waals surface area contributed by atoms with E-state index in [4.69, 9.17) is 0 Å². The molecule has 1 aliphatic rings. The summed E-state index contributed by atoms with van der Waals surface area (Å²) >= 11 is 0. The predicted octanol–water partition coefficient (Wildman–Crippen LogP) is 4.10. The number of ether oxygens (including phenoxy) is 1. The number of halogens is 2. The molecular weight excluding hydrogens is 248 g/mol. The van der Waals surface area contributed by atoms with Crippen LogP contribution in [0.15, 0.2) is 24.3 Å². The Bertz CT molecular complexity index is 359. The molecule has 19 heavy (non-hydrogen) atoms. The van der Waals surface area contributed by atoms with Gasteiger partial charge in [0.2, 0.25) is 0 Å². The highest BCUT2D eigenvalue weighted by molar-refractivity contribution is 5.27. The second-order valence-corrected chi connectivity index (χ2v) is 5.09. The molecule has 0 radical (unpaired) electrons. The van der Waals surface area contributed by atoms with Gasteiger partial charge in [-0.25, -0.2) is 0 Å². The first-order chi connectivity index (χ1) is 9.24. The Morgan fingerprint density at radius 3 is 2.26 bits per heavy atom. The Balaban J connectivity index is 1.78. The van der Waals surface area contributed by atoms with Crippen molar-refractivity contribution in [2.45, 2.75) is 57.7 Å². The van der Waals surface area contributed by atoms with Crippen LogP contribution in [0.1, 0.15) is 44.1 Å². The molecule has 0 amide bonds. The Morgan fingerprint density at radius 1 is 1.05 bits per heavy atom. The fourth-order valence-corrected chi connectivity index (χ4v) is 2.53. The highest BCUT2D eigenvalue weighted by Gasteiger charge is 2.11. The van der Waals surface area contributed by atoms with Gasteiger partial charge >= 0.3 is 6.61 Å². The van der Waals surface area contributed by atoms with E-state index in [0.29, 0.717) is 6.04 Å². The molecule has 0 spiro atoms. The molecule has 2 nitrogen and oxygen atoms in total. The van der Waals surface area contributed by atoms with Crippen LogP contribution in [-0.4, -0.2) is 12.7 Å². The fourth-order valence-electron chi connectivity index (χ4n) is 2.53. The van der Waals surface area contributed by atoms with Gasteiger partial charge in [-0.3, -0.25) is 0 Å². The van der Waals surface area contributed by atoms with Crippen LogP contribution in [-0.2, 0) is 6.54 Å². The summed E-state index contributed by atoms with van der Waals surface area (Å²) in [7, 11) is 0. The largest absolute Gasteiger partial charge is 0.435 e. The zero-order valence-corrected chi connectivity index (χ0v) is 11.1. The van der Waals surface area contributed by atoms with Crippen molar-refractivity contribution in [1.29, 1.82) is 0 Å². The topological polar surface area (TPSA) is 21.3 Å². The molecule has 0 unspecified atom stereocenters. The van der Waals surface area contributed by atoms with Crippen molar-refractivity contribution < 1.29 is 13.5 Å². The van der Waals surface area contributed by atoms with Gasteiger partial charge in [-0.2, -0.15) is 8.78 Å². The highest BCUT2D eigenvalue weighted by Crippen LogP contribution is 2.18. The van der Waals surface area contributed by atoms with Crippen molar-refractivity contribution in [3.8, 4) is 5.75 Å². The van der Waals surface area contributed by atoms with Crippen LogP contribution in [0.2, 0.25) is 0 Å². The van der Waals surface area contributed by atoms with Crippen LogP contribution < -0.4 is 10.1 Å². The SMILES string of the molecule is FC(F)Oc1ccc(CNC2CCCCCC2)cc1. The van der Waals surface area contributed by atoms with Gasteiger partial charge in [0.15, 0.2) is 0 Å². The van der Waals surface area contributed by atoms with E-state index in [9.17, 15) is 8.78 Å². The molecule has 4 heteroatoms. The molecule has 1 aromatic rings. The lowest BCUT2D eigenvalue weighted by Gasteiger charge is -2.16. The lowest BCUT2D eigenvalue weighted by atomic mass is 10.1. The summed E-state index contributed by atoms with van der Waals surface area (Å²) in [5.74, 6) is 0.216. The molecule has 1 aromatic carbocycles. The first kappa shape index (κ1) is 14.3. The van der Waals surface area contributed by atoms with E-state index in [1.54, 1.807) is 12.1 Å². The van der Waals surface area contributed by atoms with Crippen LogP contribution in [0, 0.1) is 0 Å². The monoisotopic (exact) mass is 269 g/mol. The molecule has 0 aliphatic heterocycles. The third kappa shape index (κ3) is 5.15. The number of nitrogens with one attached hydrogen (secondary N) is 1. The van der Waals surface area contributed by atoms with E-state index in [-0.39, 0.29) is 5.75 Å². The van der Waals surface area contributed by atoms with Gasteiger partial charge in [0.05, 0.1) is 0 Å². The summed E-state index contributed by atoms with van der Waals surface area (Å²) in [4.78, 5) is 0. The number of rotatable bonds is 5. The minimum atomic E-state index is -2.75. The van der Waals surface area contributed by atoms with Gasteiger partial charge in [0.25, 0.3) is 0 Å². The maximum Gasteiger partial charge on any atom is 0.387 e. The smallest absolute Gasteiger partial charge is 0.387 e. The van der Waals surface area contributed by atoms with Gasteiger partial charge in [-0.15, -0.1) is 0 Å². The van der Waals surface area contributed by atoms with Crippen LogP contribution in [0.25, 0.3) is 0 Å². The van der Waals surface area contributed by atoms with Crippen LogP contribution in [0.3, 0.4) is 0 Å². The zero-order valence-electron chi connectivity index (χ0n) is 11.1. The molecule has 1 saturated carbocycles. The van der Waals surface area contributed by atoms with Gasteiger partial charge in [0.1, 0.15) is 5.75 Å². The average Bonchev–Trinajstić information content (AvgIpc) is 2.66. The van der Waals surface area contributed by atoms with Crippen molar-refractivity contribution in [1.82, 2.24) is 5.32 Å². The standard InChI is InChI=1S/C15H21F2NO/c16-15(17)19-14-9-7-12(8-10-14)11-18-13-5-3-1-2-4-6-13/h7-10,13,15,18H,1-6,11H2. The second-order valence-electron chi connectivity index (χ2n) is 5.09. The fraction of sp³-hybridized carbons (Fsp3) is 0.600. The summed E-state index contributed by atoms with van der Waals surface area (Å²) < 4.78 is 28.4.